The van der Waals surface area contributed by atoms with Crippen LogP contribution >= 0.6 is 0 Å². The summed E-state index contributed by atoms with van der Waals surface area (Å²) in [4.78, 5) is 0. The fourth-order valence-electron chi connectivity index (χ4n) is 0. The Morgan fingerprint density at radius 3 is 0.625 bits per heavy atom. The molecule has 8 heavy (non-hydrogen) atoms. The predicted octanol–water partition coefficient (Wildman–Crippen LogP) is 0.118. The zero-order valence-corrected chi connectivity index (χ0v) is 10.3. The minimum Gasteiger partial charge on any atom is -0.813 e. The van der Waals surface area contributed by atoms with E-state index in [1.165, 1.54) is 0 Å². The molecule has 0 amide bonds. The van der Waals surface area contributed by atoms with Gasteiger partial charge in [0.2, 0.25) is 0 Å². The van der Waals surface area contributed by atoms with Crippen molar-refractivity contribution in [3.05, 3.63) is 14.9 Å². The first-order valence-corrected chi connectivity index (χ1v) is 1.97. The van der Waals surface area contributed by atoms with Crippen LogP contribution in [0.3, 0.4) is 0 Å². The fraction of sp³-hybridized carbons (Fsp3) is 0. The van der Waals surface area contributed by atoms with Crippen molar-refractivity contribution in [2.24, 2.45) is 0 Å². The van der Waals surface area contributed by atoms with Crippen LogP contribution in [0.15, 0.2) is 0 Å². The minimum atomic E-state index is 0. The molecule has 0 spiro atoms. The van der Waals surface area contributed by atoms with Crippen LogP contribution in [0, 0.1) is 14.9 Å². The molecule has 0 N–H and O–H groups in total. The molecule has 0 unspecified atom stereocenters. The maximum absolute atomic E-state index is 8.26. The van der Waals surface area contributed by atoms with Crippen LogP contribution < -0.4 is 0 Å². The summed E-state index contributed by atoms with van der Waals surface area (Å²) in [5.41, 5.74) is 0. The molecule has 0 aliphatic carbocycles. The maximum atomic E-state index is 8.26. The van der Waals surface area contributed by atoms with E-state index in [0.717, 1.165) is 0 Å². The molecule has 0 heterocycles. The molecule has 0 aromatic rings. The largest absolute Gasteiger partial charge is 0.813 e. The van der Waals surface area contributed by atoms with E-state index in [0.29, 0.717) is 39.6 Å². The van der Waals surface area contributed by atoms with Crippen molar-refractivity contribution in [1.82, 2.24) is 0 Å². The predicted molar refractivity (Wildman–Crippen MR) is 31.7 cm³/mol. The molecule has 0 bridgehead atoms. The van der Waals surface area contributed by atoms with Crippen LogP contribution in [-0.4, -0.2) is 0 Å². The van der Waals surface area contributed by atoms with Gasteiger partial charge in [0.25, 0.3) is 0 Å². The van der Waals surface area contributed by atoms with Gasteiger partial charge in [0.1, 0.15) is 0 Å². The van der Waals surface area contributed by atoms with E-state index in [9.17, 15) is 0 Å². The van der Waals surface area contributed by atoms with Gasteiger partial charge in [-0.15, -0.1) is 0 Å². The second kappa shape index (κ2) is 182. The zero-order chi connectivity index (χ0) is 4.00. The Labute approximate surface area is 87.5 Å². The summed E-state index contributed by atoms with van der Waals surface area (Å²) in [5.74, 6) is 0. The summed E-state index contributed by atoms with van der Waals surface area (Å²) < 4.78 is 16.5. The molecular weight excluding hydrogens is 312 g/mol. The van der Waals surface area contributed by atoms with Gasteiger partial charge in [0.05, 0.1) is 0 Å². The van der Waals surface area contributed by atoms with Gasteiger partial charge in [-0.1, -0.05) is 0 Å². The van der Waals surface area contributed by atoms with Gasteiger partial charge >= 0.3 is 46.3 Å². The van der Waals surface area contributed by atoms with Gasteiger partial charge in [-0.25, -0.2) is 0 Å². The van der Waals surface area contributed by atoms with Crippen LogP contribution in [-0.2, 0) is 73.3 Å². The number of thiol groups is 2. The van der Waals surface area contributed by atoms with E-state index < -0.39 is 0 Å². The van der Waals surface area contributed by atoms with E-state index in [4.69, 9.17) is 6.80 Å². The van der Waals surface area contributed by atoms with E-state index in [1.807, 2.05) is 0 Å². The molecule has 0 saturated carbocycles. The standard InChI is InChI=1S/2CH3.2Mo.2O.2H2S/h2*1H3;;;;;2*1H2/q2*-1;;;;;;/p-2. The second-order valence-electron chi connectivity index (χ2n) is 0. The summed E-state index contributed by atoms with van der Waals surface area (Å²) in [6, 6.07) is 0. The summed E-state index contributed by atoms with van der Waals surface area (Å²) in [5, 5.41) is 0. The first-order chi connectivity index (χ1) is 2.00. The summed E-state index contributed by atoms with van der Waals surface area (Å²) in [6.07, 6.45) is 0. The molecule has 6 heteroatoms. The van der Waals surface area contributed by atoms with Crippen LogP contribution in [0.5, 0.6) is 0 Å². The molecule has 0 atom stereocenters. The van der Waals surface area contributed by atoms with E-state index in [-0.39, 0.29) is 41.8 Å². The van der Waals surface area contributed by atoms with Crippen molar-refractivity contribution in [1.29, 1.82) is 0 Å². The second-order valence-corrected chi connectivity index (χ2v) is 0. The Hall–Kier alpha value is 1.68. The number of rotatable bonds is 0. The first kappa shape index (κ1) is 53.9. The third-order valence-corrected chi connectivity index (χ3v) is 0. The van der Waals surface area contributed by atoms with Gasteiger partial charge < -0.3 is 41.8 Å². The molecule has 0 aliphatic rings. The first-order valence-electron chi connectivity index (χ1n) is 0.333. The van der Waals surface area contributed by atoms with E-state index >= 15 is 0 Å². The minimum absolute atomic E-state index is 0. The Morgan fingerprint density at radius 1 is 0.625 bits per heavy atom. The molecule has 0 aliphatic heterocycles. The molecule has 0 aromatic heterocycles. The monoisotopic (exact) mass is 324 g/mol. The van der Waals surface area contributed by atoms with Crippen LogP contribution in [0.25, 0.3) is 0 Å². The molecule has 0 radical (unpaired) electrons. The van der Waals surface area contributed by atoms with Gasteiger partial charge in [0, 0.05) is 0 Å². The van der Waals surface area contributed by atoms with Gasteiger partial charge in [0.15, 0.2) is 0 Å². The molecule has 0 rings (SSSR count). The maximum Gasteiger partial charge on any atom is -0.813 e. The Morgan fingerprint density at radius 2 is 0.625 bits per heavy atom. The molecule has 2 nitrogen and oxygen atoms in total. The van der Waals surface area contributed by atoms with E-state index in [1.54, 1.807) is 0 Å². The molecule has 0 aromatic carbocycles. The summed E-state index contributed by atoms with van der Waals surface area (Å²) in [7, 11) is 0. The normalized spacial score (nSPS) is 1.00. The average molecular weight is 320 g/mol. The van der Waals surface area contributed by atoms with Crippen molar-refractivity contribution in [2.45, 2.75) is 0 Å². The molecule has 56 valence electrons. The zero-order valence-electron chi connectivity index (χ0n) is 4.53. The smallest absolute Gasteiger partial charge is 0.813 e. The Balaban J connectivity index is -0.00000000167. The Kier molecular flexibility index (Phi) is 1230. The fourth-order valence-corrected chi connectivity index (χ4v) is 0. The van der Waals surface area contributed by atoms with Gasteiger partial charge in [-0.2, -0.15) is 0 Å². The van der Waals surface area contributed by atoms with Crippen molar-refractivity contribution in [2.75, 3.05) is 0 Å². The topological polar surface area (TPSA) is 34.1 Å². The Bertz CT molecular complexity index is 18.0. The number of hydrogen-bond donors (Lipinski definition) is 0. The van der Waals surface area contributed by atoms with Crippen LogP contribution in [0.1, 0.15) is 0 Å². The van der Waals surface area contributed by atoms with Crippen molar-refractivity contribution < 1.29 is 46.3 Å². The average Bonchev–Trinajstić information content (AvgIpc) is 1.50. The molecule has 0 fully saturated rings. The third kappa shape index (κ3) is 122. The summed E-state index contributed by atoms with van der Waals surface area (Å²) >= 11 is 1.40. The molecular formula is C2H8Mo2O2S2-4. The number of hydrogen-bond acceptors (Lipinski definition) is 4. The van der Waals surface area contributed by atoms with Crippen molar-refractivity contribution in [3.63, 3.8) is 0 Å². The van der Waals surface area contributed by atoms with Crippen molar-refractivity contribution in [3.8, 4) is 0 Å². The summed E-state index contributed by atoms with van der Waals surface area (Å²) in [6.45, 7) is 0. The van der Waals surface area contributed by atoms with Gasteiger partial charge in [-0.3, -0.25) is 0 Å². The van der Waals surface area contributed by atoms with Crippen LogP contribution in [0.4, 0.5) is 0 Å². The third-order valence-electron chi connectivity index (χ3n) is 0. The SMILES string of the molecule is [CH3-].[CH3-].[O]=[Mo].[O]=[Mo].[SH-].[SH-]. The van der Waals surface area contributed by atoms with Crippen molar-refractivity contribution >= 4 is 27.0 Å². The molecule has 0 saturated heterocycles. The van der Waals surface area contributed by atoms with E-state index in [2.05, 4.69) is 0 Å². The quantitative estimate of drug-likeness (QED) is 0.275. The van der Waals surface area contributed by atoms with Gasteiger partial charge in [-0.05, 0) is 0 Å². The van der Waals surface area contributed by atoms with Crippen LogP contribution in [0.2, 0.25) is 0 Å².